The van der Waals surface area contributed by atoms with Crippen molar-refractivity contribution in [3.8, 4) is 23.2 Å². The fraction of sp³-hybridized carbons (Fsp3) is 0.282. The topological polar surface area (TPSA) is 170 Å². The minimum Gasteiger partial charge on any atom is -0.464 e. The van der Waals surface area contributed by atoms with Crippen molar-refractivity contribution in [2.24, 2.45) is 14.1 Å². The first-order valence-corrected chi connectivity index (χ1v) is 17.1. The van der Waals surface area contributed by atoms with Crippen molar-refractivity contribution < 1.29 is 18.8 Å². The van der Waals surface area contributed by atoms with E-state index in [0.717, 1.165) is 22.1 Å². The molecule has 3 amide bonds. The van der Waals surface area contributed by atoms with E-state index in [4.69, 9.17) is 9.40 Å². The number of hydrogen-bond donors (Lipinski definition) is 2. The van der Waals surface area contributed by atoms with Crippen molar-refractivity contribution in [1.82, 2.24) is 39.7 Å². The van der Waals surface area contributed by atoms with Gasteiger partial charge in [0.05, 0.1) is 53.5 Å². The molecule has 53 heavy (non-hydrogen) atoms. The summed E-state index contributed by atoms with van der Waals surface area (Å²) in [6.45, 7) is 5.98. The molecule has 1 unspecified atom stereocenters. The SMILES string of the molecule is Cc1cc(-c2ncc(N(C)c3cc4c(c(C(C)C)n3)n(C)c(=O)n4C)cn2)cnc1C(=O)NCC#Cc1ccc2occ(C3CCC(=O)NC3=O)c2c1. The Morgan fingerprint density at radius 2 is 1.85 bits per heavy atom. The highest BCUT2D eigenvalue weighted by Gasteiger charge is 2.30. The van der Waals surface area contributed by atoms with Crippen molar-refractivity contribution in [3.63, 3.8) is 0 Å². The van der Waals surface area contributed by atoms with E-state index < -0.39 is 5.92 Å². The first-order valence-electron chi connectivity index (χ1n) is 17.1. The molecule has 6 heterocycles. The van der Waals surface area contributed by atoms with Gasteiger partial charge in [0.1, 0.15) is 17.1 Å². The maximum absolute atomic E-state index is 13.0. The third-order valence-corrected chi connectivity index (χ3v) is 9.51. The van der Waals surface area contributed by atoms with E-state index >= 15 is 0 Å². The molecule has 2 N–H and O–H groups in total. The summed E-state index contributed by atoms with van der Waals surface area (Å²) in [5, 5.41) is 5.95. The van der Waals surface area contributed by atoms with Crippen LogP contribution in [0.2, 0.25) is 0 Å². The molecule has 0 aliphatic carbocycles. The summed E-state index contributed by atoms with van der Waals surface area (Å²) < 4.78 is 8.90. The molecule has 1 aliphatic heterocycles. The number of imidazole rings is 1. The van der Waals surface area contributed by atoms with Gasteiger partial charge in [0.2, 0.25) is 11.8 Å². The van der Waals surface area contributed by atoms with Crippen LogP contribution in [0.5, 0.6) is 0 Å². The lowest BCUT2D eigenvalue weighted by Crippen LogP contribution is -2.39. The van der Waals surface area contributed by atoms with Crippen LogP contribution in [0.15, 0.2) is 64.4 Å². The number of anilines is 2. The predicted molar refractivity (Wildman–Crippen MR) is 199 cm³/mol. The number of aromatic nitrogens is 6. The van der Waals surface area contributed by atoms with Gasteiger partial charge in [0, 0.05) is 61.9 Å². The molecule has 1 aromatic carbocycles. The Morgan fingerprint density at radius 1 is 1.08 bits per heavy atom. The van der Waals surface area contributed by atoms with Crippen LogP contribution in [-0.4, -0.2) is 60.4 Å². The van der Waals surface area contributed by atoms with Crippen molar-refractivity contribution in [2.75, 3.05) is 18.5 Å². The van der Waals surface area contributed by atoms with Gasteiger partial charge in [-0.25, -0.2) is 19.7 Å². The maximum Gasteiger partial charge on any atom is 0.328 e. The molecule has 14 nitrogen and oxygen atoms in total. The molecule has 0 spiro atoms. The van der Waals surface area contributed by atoms with Gasteiger partial charge in [-0.1, -0.05) is 25.7 Å². The fourth-order valence-electron chi connectivity index (χ4n) is 6.58. The summed E-state index contributed by atoms with van der Waals surface area (Å²) in [7, 11) is 5.39. The molecule has 1 atom stereocenters. The molecular formula is C39H37N9O5. The first kappa shape index (κ1) is 34.8. The molecule has 0 saturated carbocycles. The number of benzene rings is 1. The quantitative estimate of drug-likeness (QED) is 0.179. The number of aryl methyl sites for hydroxylation is 3. The summed E-state index contributed by atoms with van der Waals surface area (Å²) in [6, 6.07) is 9.14. The summed E-state index contributed by atoms with van der Waals surface area (Å²) >= 11 is 0. The van der Waals surface area contributed by atoms with Gasteiger partial charge in [-0.05, 0) is 49.1 Å². The number of amides is 3. The molecule has 6 aromatic rings. The number of furan rings is 1. The van der Waals surface area contributed by atoms with Crippen LogP contribution in [0.1, 0.15) is 71.4 Å². The average molecular weight is 712 g/mol. The van der Waals surface area contributed by atoms with Crippen LogP contribution in [0.25, 0.3) is 33.4 Å². The number of nitrogens with one attached hydrogen (secondary N) is 2. The normalized spacial score (nSPS) is 14.4. The van der Waals surface area contributed by atoms with E-state index in [1.54, 1.807) is 67.1 Å². The van der Waals surface area contributed by atoms with Gasteiger partial charge < -0.3 is 14.6 Å². The molecule has 5 aromatic heterocycles. The second-order valence-electron chi connectivity index (χ2n) is 13.4. The zero-order valence-electron chi connectivity index (χ0n) is 30.1. The second kappa shape index (κ2) is 13.8. The number of piperidine rings is 1. The van der Waals surface area contributed by atoms with E-state index in [1.165, 1.54) is 0 Å². The van der Waals surface area contributed by atoms with Crippen LogP contribution in [-0.2, 0) is 23.7 Å². The Balaban J connectivity index is 1.01. The van der Waals surface area contributed by atoms with E-state index in [2.05, 4.69) is 51.3 Å². The van der Waals surface area contributed by atoms with E-state index in [9.17, 15) is 19.2 Å². The molecule has 1 fully saturated rings. The minimum absolute atomic E-state index is 0.0876. The average Bonchev–Trinajstić information content (AvgIpc) is 3.66. The van der Waals surface area contributed by atoms with E-state index in [1.807, 2.05) is 30.1 Å². The lowest BCUT2D eigenvalue weighted by atomic mass is 9.90. The zero-order chi connectivity index (χ0) is 37.6. The number of hydrogen-bond acceptors (Lipinski definition) is 10. The summed E-state index contributed by atoms with van der Waals surface area (Å²) in [5.41, 5.74) is 6.63. The highest BCUT2D eigenvalue weighted by molar-refractivity contribution is 6.02. The number of imide groups is 1. The van der Waals surface area contributed by atoms with E-state index in [-0.39, 0.29) is 48.0 Å². The maximum atomic E-state index is 13.0. The second-order valence-corrected chi connectivity index (χ2v) is 13.4. The molecule has 1 saturated heterocycles. The number of carbonyl (C=O) groups is 3. The zero-order valence-corrected chi connectivity index (χ0v) is 30.1. The van der Waals surface area contributed by atoms with E-state index in [0.29, 0.717) is 51.6 Å². The third-order valence-electron chi connectivity index (χ3n) is 9.51. The molecular weight excluding hydrogens is 674 g/mol. The fourth-order valence-corrected chi connectivity index (χ4v) is 6.58. The van der Waals surface area contributed by atoms with Crippen LogP contribution < -0.4 is 21.2 Å². The minimum atomic E-state index is -0.470. The molecule has 0 bridgehead atoms. The molecule has 268 valence electrons. The predicted octanol–water partition coefficient (Wildman–Crippen LogP) is 4.37. The summed E-state index contributed by atoms with van der Waals surface area (Å²) in [6.07, 6.45) is 7.20. The molecule has 1 aliphatic rings. The third kappa shape index (κ3) is 6.53. The monoisotopic (exact) mass is 711 g/mol. The Morgan fingerprint density at radius 3 is 2.57 bits per heavy atom. The Bertz CT molecular complexity index is 2570. The van der Waals surface area contributed by atoms with Crippen molar-refractivity contribution >= 4 is 51.2 Å². The molecule has 14 heteroatoms. The largest absolute Gasteiger partial charge is 0.464 e. The van der Waals surface area contributed by atoms with Crippen LogP contribution in [0.4, 0.5) is 11.5 Å². The lowest BCUT2D eigenvalue weighted by molar-refractivity contribution is -0.134. The van der Waals surface area contributed by atoms with Gasteiger partial charge in [-0.3, -0.25) is 33.8 Å². The highest BCUT2D eigenvalue weighted by atomic mass is 16.3. The van der Waals surface area contributed by atoms with Gasteiger partial charge in [-0.15, -0.1) is 0 Å². The highest BCUT2D eigenvalue weighted by Crippen LogP contribution is 2.33. The van der Waals surface area contributed by atoms with Gasteiger partial charge >= 0.3 is 5.69 Å². The Labute approximate surface area is 304 Å². The van der Waals surface area contributed by atoms with Crippen molar-refractivity contribution in [1.29, 1.82) is 0 Å². The number of fused-ring (bicyclic) bond motifs is 2. The van der Waals surface area contributed by atoms with Crippen molar-refractivity contribution in [2.45, 2.75) is 45.4 Å². The van der Waals surface area contributed by atoms with Crippen LogP contribution in [0.3, 0.4) is 0 Å². The van der Waals surface area contributed by atoms with Gasteiger partial charge in [0.25, 0.3) is 5.91 Å². The number of pyridine rings is 2. The van der Waals surface area contributed by atoms with Gasteiger partial charge in [-0.2, -0.15) is 0 Å². The Hall–Kier alpha value is -6.62. The summed E-state index contributed by atoms with van der Waals surface area (Å²) in [5.74, 6) is 5.78. The van der Waals surface area contributed by atoms with Gasteiger partial charge in [0.15, 0.2) is 5.82 Å². The molecule has 7 rings (SSSR count). The smallest absolute Gasteiger partial charge is 0.328 e. The van der Waals surface area contributed by atoms with Crippen molar-refractivity contribution in [3.05, 3.63) is 93.7 Å². The lowest BCUT2D eigenvalue weighted by Gasteiger charge is -2.20. The molecule has 0 radical (unpaired) electrons. The number of rotatable bonds is 7. The standard InChI is InChI=1S/C39H37N9O5/c1-21(2)33-35-29(47(5)39(52)48(35)6)16-31(44-33)46(4)25-18-42-36(43-19-25)24-14-22(3)34(41-17-24)38(51)40-13-7-8-23-9-11-30-27(15-23)28(20-53-30)26-10-12-32(49)45-37(26)50/h9,11,14-21,26H,10,12-13H2,1-6H3,(H,40,51)(H,45,49,50). The number of carbonyl (C=O) groups excluding carboxylic acids is 3. The Kier molecular flexibility index (Phi) is 9.09. The van der Waals surface area contributed by atoms with Crippen LogP contribution >= 0.6 is 0 Å². The first-order chi connectivity index (χ1) is 25.4. The van der Waals surface area contributed by atoms with Crippen LogP contribution in [0, 0.1) is 18.8 Å². The number of nitrogens with zero attached hydrogens (tertiary/aromatic N) is 7. The summed E-state index contributed by atoms with van der Waals surface area (Å²) in [4.78, 5) is 70.0.